The van der Waals surface area contributed by atoms with E-state index in [1.54, 1.807) is 0 Å². The Labute approximate surface area is 92.1 Å². The summed E-state index contributed by atoms with van der Waals surface area (Å²) in [7, 11) is -3.05. The Bertz CT molecular complexity index is 319. The molecule has 4 heteroatoms. The van der Waals surface area contributed by atoms with Crippen LogP contribution in [0.25, 0.3) is 0 Å². The highest BCUT2D eigenvalue weighted by molar-refractivity contribution is 7.92. The summed E-state index contributed by atoms with van der Waals surface area (Å²) < 4.78 is 23.4. The lowest BCUT2D eigenvalue weighted by Gasteiger charge is -2.26. The number of hydrogen-bond acceptors (Lipinski definition) is 3. The van der Waals surface area contributed by atoms with Crippen LogP contribution in [0.5, 0.6) is 0 Å². The van der Waals surface area contributed by atoms with Gasteiger partial charge in [-0.2, -0.15) is 0 Å². The molecule has 1 N–H and O–H groups in total. The molecule has 15 heavy (non-hydrogen) atoms. The lowest BCUT2D eigenvalue weighted by Crippen LogP contribution is -2.38. The number of sulfone groups is 1. The van der Waals surface area contributed by atoms with Crippen molar-refractivity contribution in [2.45, 2.75) is 50.4 Å². The second-order valence-electron chi connectivity index (χ2n) is 4.46. The van der Waals surface area contributed by atoms with Crippen LogP contribution in [0.2, 0.25) is 0 Å². The van der Waals surface area contributed by atoms with Crippen LogP contribution in [0.4, 0.5) is 0 Å². The molecule has 0 aromatic carbocycles. The van der Waals surface area contributed by atoms with Gasteiger partial charge in [0.2, 0.25) is 0 Å². The van der Waals surface area contributed by atoms with Crippen molar-refractivity contribution in [3.05, 3.63) is 12.2 Å². The van der Waals surface area contributed by atoms with Gasteiger partial charge < -0.3 is 5.11 Å². The molecule has 0 aromatic heterocycles. The predicted octanol–water partition coefficient (Wildman–Crippen LogP) is 1.67. The third-order valence-corrected chi connectivity index (χ3v) is 5.25. The van der Waals surface area contributed by atoms with Crippen molar-refractivity contribution in [3.63, 3.8) is 0 Å². The molecule has 1 heterocycles. The summed E-state index contributed by atoms with van der Waals surface area (Å²) in [6.45, 7) is 5.64. The fourth-order valence-electron chi connectivity index (χ4n) is 1.99. The molecule has 2 unspecified atom stereocenters. The Morgan fingerprint density at radius 2 is 2.20 bits per heavy atom. The number of aliphatic hydroxyl groups excluding tert-OH is 1. The molecule has 1 fully saturated rings. The van der Waals surface area contributed by atoms with E-state index in [1.165, 1.54) is 0 Å². The SMILES string of the molecule is C=C(C)CCC(O)C1CCCCS1(=O)=O. The fraction of sp³-hybridized carbons (Fsp3) is 0.818. The van der Waals surface area contributed by atoms with Gasteiger partial charge in [0.25, 0.3) is 0 Å². The molecule has 3 nitrogen and oxygen atoms in total. The van der Waals surface area contributed by atoms with E-state index < -0.39 is 21.2 Å². The minimum Gasteiger partial charge on any atom is -0.392 e. The molecule has 1 aliphatic rings. The second kappa shape index (κ2) is 5.12. The van der Waals surface area contributed by atoms with E-state index in [-0.39, 0.29) is 5.75 Å². The molecule has 88 valence electrons. The van der Waals surface area contributed by atoms with Gasteiger partial charge in [-0.15, -0.1) is 6.58 Å². The lowest BCUT2D eigenvalue weighted by molar-refractivity contribution is 0.152. The summed E-state index contributed by atoms with van der Waals surface area (Å²) in [5.41, 5.74) is 0.988. The van der Waals surface area contributed by atoms with Crippen molar-refractivity contribution in [3.8, 4) is 0 Å². The van der Waals surface area contributed by atoms with Gasteiger partial charge >= 0.3 is 0 Å². The molecular weight excluding hydrogens is 212 g/mol. The third kappa shape index (κ3) is 3.61. The molecule has 0 aliphatic carbocycles. The fourth-order valence-corrected chi connectivity index (χ4v) is 4.04. The Hall–Kier alpha value is -0.350. The normalized spacial score (nSPS) is 27.2. The van der Waals surface area contributed by atoms with Crippen molar-refractivity contribution in [2.24, 2.45) is 0 Å². The summed E-state index contributed by atoms with van der Waals surface area (Å²) in [5, 5.41) is 9.30. The predicted molar refractivity (Wildman–Crippen MR) is 61.5 cm³/mol. The third-order valence-electron chi connectivity index (χ3n) is 2.92. The summed E-state index contributed by atoms with van der Waals surface area (Å²) >= 11 is 0. The van der Waals surface area contributed by atoms with Crippen LogP contribution in [0.15, 0.2) is 12.2 Å². The van der Waals surface area contributed by atoms with E-state index in [9.17, 15) is 13.5 Å². The van der Waals surface area contributed by atoms with Crippen LogP contribution in [-0.2, 0) is 9.84 Å². The number of rotatable bonds is 4. The van der Waals surface area contributed by atoms with Crippen molar-refractivity contribution < 1.29 is 13.5 Å². The number of hydrogen-bond donors (Lipinski definition) is 1. The first-order valence-electron chi connectivity index (χ1n) is 5.47. The second-order valence-corrected chi connectivity index (χ2v) is 6.80. The first kappa shape index (κ1) is 12.7. The smallest absolute Gasteiger partial charge is 0.155 e. The van der Waals surface area contributed by atoms with Gasteiger partial charge in [-0.3, -0.25) is 0 Å². The lowest BCUT2D eigenvalue weighted by atomic mass is 10.0. The van der Waals surface area contributed by atoms with E-state index in [0.29, 0.717) is 19.3 Å². The van der Waals surface area contributed by atoms with Crippen molar-refractivity contribution >= 4 is 9.84 Å². The van der Waals surface area contributed by atoms with Gasteiger partial charge in [0.05, 0.1) is 17.1 Å². The highest BCUT2D eigenvalue weighted by atomic mass is 32.2. The van der Waals surface area contributed by atoms with E-state index >= 15 is 0 Å². The van der Waals surface area contributed by atoms with Gasteiger partial charge in [-0.05, 0) is 32.6 Å². The van der Waals surface area contributed by atoms with Crippen molar-refractivity contribution in [1.82, 2.24) is 0 Å². The van der Waals surface area contributed by atoms with Crippen LogP contribution in [0, 0.1) is 0 Å². The Balaban J connectivity index is 2.57. The standard InChI is InChI=1S/C11H20O3S/c1-9(2)6-7-10(12)11-5-3-4-8-15(11,13)14/h10-12H,1,3-8H2,2H3. The van der Waals surface area contributed by atoms with Crippen molar-refractivity contribution in [1.29, 1.82) is 0 Å². The summed E-state index contributed by atoms with van der Waals surface area (Å²) in [5.74, 6) is 0.238. The van der Waals surface area contributed by atoms with Crippen LogP contribution in [0.3, 0.4) is 0 Å². The first-order chi connectivity index (χ1) is 6.93. The molecule has 0 bridgehead atoms. The minimum atomic E-state index is -3.05. The van der Waals surface area contributed by atoms with E-state index in [0.717, 1.165) is 18.4 Å². The molecular formula is C11H20O3S. The highest BCUT2D eigenvalue weighted by Crippen LogP contribution is 2.24. The van der Waals surface area contributed by atoms with Crippen LogP contribution in [-0.4, -0.2) is 30.6 Å². The molecule has 0 amide bonds. The summed E-state index contributed by atoms with van der Waals surface area (Å²) in [4.78, 5) is 0. The van der Waals surface area contributed by atoms with Gasteiger partial charge in [-0.1, -0.05) is 12.0 Å². The summed E-state index contributed by atoms with van der Waals surface area (Å²) in [6, 6.07) is 0. The first-order valence-corrected chi connectivity index (χ1v) is 7.19. The molecule has 1 saturated heterocycles. The highest BCUT2D eigenvalue weighted by Gasteiger charge is 2.34. The minimum absolute atomic E-state index is 0.238. The van der Waals surface area contributed by atoms with Gasteiger partial charge in [0.15, 0.2) is 9.84 Å². The maximum absolute atomic E-state index is 11.7. The molecule has 0 radical (unpaired) electrons. The monoisotopic (exact) mass is 232 g/mol. The largest absolute Gasteiger partial charge is 0.392 e. The molecule has 0 aromatic rings. The maximum atomic E-state index is 11.7. The Morgan fingerprint density at radius 3 is 2.73 bits per heavy atom. The number of aliphatic hydroxyl groups is 1. The van der Waals surface area contributed by atoms with Crippen molar-refractivity contribution in [2.75, 3.05) is 5.75 Å². The van der Waals surface area contributed by atoms with Gasteiger partial charge in [0, 0.05) is 0 Å². The Kier molecular flexibility index (Phi) is 4.34. The maximum Gasteiger partial charge on any atom is 0.155 e. The quantitative estimate of drug-likeness (QED) is 0.750. The topological polar surface area (TPSA) is 54.4 Å². The van der Waals surface area contributed by atoms with E-state index in [1.807, 2.05) is 6.92 Å². The molecule has 0 saturated carbocycles. The average molecular weight is 232 g/mol. The van der Waals surface area contributed by atoms with Crippen LogP contribution < -0.4 is 0 Å². The van der Waals surface area contributed by atoms with E-state index in [2.05, 4.69) is 6.58 Å². The van der Waals surface area contributed by atoms with Crippen LogP contribution in [0.1, 0.15) is 39.0 Å². The number of allylic oxidation sites excluding steroid dienone is 1. The summed E-state index contributed by atoms with van der Waals surface area (Å²) in [6.07, 6.45) is 2.76. The molecule has 1 rings (SSSR count). The van der Waals surface area contributed by atoms with Crippen LogP contribution >= 0.6 is 0 Å². The molecule has 0 spiro atoms. The molecule has 2 atom stereocenters. The zero-order valence-corrected chi connectivity index (χ0v) is 10.1. The van der Waals surface area contributed by atoms with Gasteiger partial charge in [0.1, 0.15) is 0 Å². The molecule has 1 aliphatic heterocycles. The Morgan fingerprint density at radius 1 is 1.53 bits per heavy atom. The van der Waals surface area contributed by atoms with Gasteiger partial charge in [-0.25, -0.2) is 8.42 Å². The zero-order chi connectivity index (χ0) is 11.5. The van der Waals surface area contributed by atoms with E-state index in [4.69, 9.17) is 0 Å². The average Bonchev–Trinajstić information content (AvgIpc) is 2.13. The zero-order valence-electron chi connectivity index (χ0n) is 9.28.